The minimum absolute atomic E-state index is 0.0722. The topological polar surface area (TPSA) is 81.4 Å². The molecule has 5 nitrogen and oxygen atoms in total. The highest BCUT2D eigenvalue weighted by atomic mass is 16.5. The average Bonchev–Trinajstić information content (AvgIpc) is 2.64. The molecule has 29 heavy (non-hydrogen) atoms. The van der Waals surface area contributed by atoms with Crippen LogP contribution in [0.25, 0.3) is 0 Å². The van der Waals surface area contributed by atoms with Crippen LogP contribution in [0.1, 0.15) is 61.7 Å². The Morgan fingerprint density at radius 2 is 1.69 bits per heavy atom. The van der Waals surface area contributed by atoms with Crippen molar-refractivity contribution in [3.05, 3.63) is 64.7 Å². The third kappa shape index (κ3) is 6.08. The molecule has 156 valence electrons. The van der Waals surface area contributed by atoms with E-state index in [0.29, 0.717) is 12.2 Å². The predicted molar refractivity (Wildman–Crippen MR) is 116 cm³/mol. The number of nitrogens with two attached hydrogens (primary N) is 1. The SMILES string of the molecule is Cc1cc(C(C)(C)C)ccc1OCc1ccc(C(=O)NC(C(N)=O)C(C)C)cc1. The van der Waals surface area contributed by atoms with Gasteiger partial charge in [-0.2, -0.15) is 0 Å². The molecule has 0 fully saturated rings. The highest BCUT2D eigenvalue weighted by Crippen LogP contribution is 2.28. The van der Waals surface area contributed by atoms with Gasteiger partial charge in [-0.1, -0.05) is 58.9 Å². The lowest BCUT2D eigenvalue weighted by Crippen LogP contribution is -2.47. The zero-order chi connectivity index (χ0) is 21.8. The molecule has 2 amide bonds. The van der Waals surface area contributed by atoms with Crippen LogP contribution in [0.15, 0.2) is 42.5 Å². The number of benzene rings is 2. The molecule has 2 rings (SSSR count). The van der Waals surface area contributed by atoms with E-state index in [-0.39, 0.29) is 17.2 Å². The lowest BCUT2D eigenvalue weighted by Gasteiger charge is -2.20. The summed E-state index contributed by atoms with van der Waals surface area (Å²) in [7, 11) is 0. The van der Waals surface area contributed by atoms with Crippen molar-refractivity contribution in [3.8, 4) is 5.75 Å². The van der Waals surface area contributed by atoms with Crippen LogP contribution in [-0.2, 0) is 16.8 Å². The molecule has 0 bridgehead atoms. The molecule has 0 saturated heterocycles. The number of ether oxygens (including phenoxy) is 1. The van der Waals surface area contributed by atoms with Crippen molar-refractivity contribution in [2.45, 2.75) is 59.6 Å². The maximum Gasteiger partial charge on any atom is 0.251 e. The van der Waals surface area contributed by atoms with Gasteiger partial charge in [-0.3, -0.25) is 9.59 Å². The molecule has 0 aliphatic heterocycles. The molecule has 0 spiro atoms. The van der Waals surface area contributed by atoms with E-state index in [4.69, 9.17) is 10.5 Å². The molecular weight excluding hydrogens is 364 g/mol. The third-order valence-electron chi connectivity index (χ3n) is 4.91. The van der Waals surface area contributed by atoms with Gasteiger partial charge in [0.25, 0.3) is 5.91 Å². The van der Waals surface area contributed by atoms with Gasteiger partial charge < -0.3 is 15.8 Å². The fraction of sp³-hybridized carbons (Fsp3) is 0.417. The molecule has 0 aliphatic rings. The van der Waals surface area contributed by atoms with Gasteiger partial charge in [0.05, 0.1) is 0 Å². The number of hydrogen-bond acceptors (Lipinski definition) is 3. The highest BCUT2D eigenvalue weighted by molar-refractivity contribution is 5.97. The molecule has 0 aromatic heterocycles. The molecule has 1 unspecified atom stereocenters. The quantitative estimate of drug-likeness (QED) is 0.739. The van der Waals surface area contributed by atoms with Gasteiger partial charge in [0, 0.05) is 5.56 Å². The first-order valence-electron chi connectivity index (χ1n) is 9.92. The van der Waals surface area contributed by atoms with Crippen LogP contribution in [0, 0.1) is 12.8 Å². The van der Waals surface area contributed by atoms with E-state index >= 15 is 0 Å². The largest absolute Gasteiger partial charge is 0.489 e. The Morgan fingerprint density at radius 3 is 2.17 bits per heavy atom. The van der Waals surface area contributed by atoms with Gasteiger partial charge in [0.2, 0.25) is 5.91 Å². The normalized spacial score (nSPS) is 12.5. The van der Waals surface area contributed by atoms with Crippen molar-refractivity contribution in [1.82, 2.24) is 5.32 Å². The van der Waals surface area contributed by atoms with Gasteiger partial charge >= 0.3 is 0 Å². The lowest BCUT2D eigenvalue weighted by atomic mass is 9.86. The molecule has 5 heteroatoms. The van der Waals surface area contributed by atoms with Crippen molar-refractivity contribution in [2.75, 3.05) is 0 Å². The Balaban J connectivity index is 2.01. The van der Waals surface area contributed by atoms with E-state index < -0.39 is 11.9 Å². The standard InChI is InChI=1S/C24H32N2O3/c1-15(2)21(22(25)27)26-23(28)18-9-7-17(8-10-18)14-29-20-12-11-19(13-16(20)3)24(4,5)6/h7-13,15,21H,14H2,1-6H3,(H2,25,27)(H,26,28). The van der Waals surface area contributed by atoms with Crippen LogP contribution >= 0.6 is 0 Å². The molecule has 0 saturated carbocycles. The van der Waals surface area contributed by atoms with Crippen molar-refractivity contribution >= 4 is 11.8 Å². The van der Waals surface area contributed by atoms with Gasteiger partial charge in [-0.25, -0.2) is 0 Å². The first-order chi connectivity index (χ1) is 13.5. The van der Waals surface area contributed by atoms with Gasteiger partial charge in [-0.15, -0.1) is 0 Å². The second-order valence-corrected chi connectivity index (χ2v) is 8.81. The first-order valence-corrected chi connectivity index (χ1v) is 9.92. The molecule has 0 aliphatic carbocycles. The van der Waals surface area contributed by atoms with Gasteiger partial charge in [0.1, 0.15) is 18.4 Å². The molecule has 2 aromatic rings. The first kappa shape index (κ1) is 22.5. The maximum absolute atomic E-state index is 12.4. The second kappa shape index (κ2) is 9.12. The number of hydrogen-bond donors (Lipinski definition) is 2. The van der Waals surface area contributed by atoms with Crippen LogP contribution in [0.4, 0.5) is 0 Å². The number of carbonyl (C=O) groups excluding carboxylic acids is 2. The van der Waals surface area contributed by atoms with Crippen LogP contribution in [-0.4, -0.2) is 17.9 Å². The summed E-state index contributed by atoms with van der Waals surface area (Å²) in [4.78, 5) is 23.8. The van der Waals surface area contributed by atoms with Crippen molar-refractivity contribution in [1.29, 1.82) is 0 Å². The summed E-state index contributed by atoms with van der Waals surface area (Å²) in [6.45, 7) is 12.7. The fourth-order valence-corrected chi connectivity index (χ4v) is 2.98. The smallest absolute Gasteiger partial charge is 0.251 e. The van der Waals surface area contributed by atoms with Crippen LogP contribution in [0.5, 0.6) is 5.75 Å². The van der Waals surface area contributed by atoms with Crippen LogP contribution in [0.2, 0.25) is 0 Å². The van der Waals surface area contributed by atoms with E-state index in [0.717, 1.165) is 16.9 Å². The molecule has 2 aromatic carbocycles. The molecule has 1 atom stereocenters. The number of amides is 2. The van der Waals surface area contributed by atoms with Gasteiger partial charge in [-0.05, 0) is 53.1 Å². The highest BCUT2D eigenvalue weighted by Gasteiger charge is 2.22. The minimum Gasteiger partial charge on any atom is -0.489 e. The van der Waals surface area contributed by atoms with Crippen molar-refractivity contribution in [3.63, 3.8) is 0 Å². The number of carbonyl (C=O) groups is 2. The minimum atomic E-state index is -0.690. The van der Waals surface area contributed by atoms with E-state index in [1.807, 2.05) is 39.0 Å². The van der Waals surface area contributed by atoms with Gasteiger partial charge in [0.15, 0.2) is 0 Å². The summed E-state index contributed by atoms with van der Waals surface area (Å²) in [5.41, 5.74) is 9.26. The van der Waals surface area contributed by atoms with E-state index in [9.17, 15) is 9.59 Å². The average molecular weight is 397 g/mol. The number of primary amides is 1. The summed E-state index contributed by atoms with van der Waals surface area (Å²) < 4.78 is 5.96. The number of aryl methyl sites for hydroxylation is 1. The van der Waals surface area contributed by atoms with Crippen LogP contribution in [0.3, 0.4) is 0 Å². The summed E-state index contributed by atoms with van der Waals surface area (Å²) >= 11 is 0. The van der Waals surface area contributed by atoms with Crippen LogP contribution < -0.4 is 15.8 Å². The van der Waals surface area contributed by atoms with E-state index in [1.165, 1.54) is 5.56 Å². The summed E-state index contributed by atoms with van der Waals surface area (Å²) in [6, 6.07) is 12.7. The number of rotatable bonds is 7. The van der Waals surface area contributed by atoms with Crippen molar-refractivity contribution < 1.29 is 14.3 Å². The summed E-state index contributed by atoms with van der Waals surface area (Å²) in [6.07, 6.45) is 0. The summed E-state index contributed by atoms with van der Waals surface area (Å²) in [5, 5.41) is 2.69. The molecule has 0 radical (unpaired) electrons. The molecule has 3 N–H and O–H groups in total. The fourth-order valence-electron chi connectivity index (χ4n) is 2.98. The molecule has 0 heterocycles. The Labute approximate surface area is 173 Å². The zero-order valence-corrected chi connectivity index (χ0v) is 18.2. The zero-order valence-electron chi connectivity index (χ0n) is 18.2. The maximum atomic E-state index is 12.4. The summed E-state index contributed by atoms with van der Waals surface area (Å²) in [5.74, 6) is -0.0760. The predicted octanol–water partition coefficient (Wildman–Crippen LogP) is 4.11. The second-order valence-electron chi connectivity index (χ2n) is 8.81. The van der Waals surface area contributed by atoms with E-state index in [1.54, 1.807) is 12.1 Å². The van der Waals surface area contributed by atoms with E-state index in [2.05, 4.69) is 38.2 Å². The molecular formula is C24H32N2O3. The Kier molecular flexibility index (Phi) is 7.07. The Bertz CT molecular complexity index is 865. The Hall–Kier alpha value is -2.82. The third-order valence-corrected chi connectivity index (χ3v) is 4.91. The van der Waals surface area contributed by atoms with Crippen molar-refractivity contribution in [2.24, 2.45) is 11.7 Å². The monoisotopic (exact) mass is 396 g/mol. The Morgan fingerprint density at radius 1 is 1.07 bits per heavy atom. The lowest BCUT2D eigenvalue weighted by molar-refractivity contribution is -0.120. The number of nitrogens with one attached hydrogen (secondary N) is 1.